The Morgan fingerprint density at radius 1 is 0.538 bits per heavy atom. The molecule has 39 heavy (non-hydrogen) atoms. The maximum Gasteiger partial charge on any atom is 0.309 e. The van der Waals surface area contributed by atoms with Crippen molar-refractivity contribution in [2.75, 3.05) is 26.2 Å². The van der Waals surface area contributed by atoms with Crippen LogP contribution in [0.3, 0.4) is 0 Å². The molecule has 0 radical (unpaired) electrons. The van der Waals surface area contributed by atoms with Gasteiger partial charge in [-0.15, -0.1) is 0 Å². The van der Waals surface area contributed by atoms with E-state index in [2.05, 4.69) is 19.1 Å². The zero-order chi connectivity index (χ0) is 29.0. The van der Waals surface area contributed by atoms with Crippen molar-refractivity contribution in [1.82, 2.24) is 0 Å². The predicted molar refractivity (Wildman–Crippen MR) is 156 cm³/mol. The number of nitrogens with zero attached hydrogens (tertiary/aromatic N) is 1. The smallest absolute Gasteiger partial charge is 0.309 e. The molecule has 0 rings (SSSR count). The van der Waals surface area contributed by atoms with Crippen LogP contribution in [0.15, 0.2) is 12.2 Å². The first-order valence-electron chi connectivity index (χ1n) is 15.9. The third-order valence-electron chi connectivity index (χ3n) is 7.78. The molecule has 0 aromatic rings. The number of carbonyl (C=O) groups excluding carboxylic acids is 1. The lowest BCUT2D eigenvalue weighted by molar-refractivity contribution is -0.927. The Labute approximate surface area is 238 Å². The normalized spacial score (nSPS) is 11.8. The minimum Gasteiger partial charge on any atom is -0.550 e. The number of unbranched alkanes of at least 4 members (excludes halogenated alkanes) is 17. The van der Waals surface area contributed by atoms with Gasteiger partial charge in [-0.3, -0.25) is 9.59 Å². The first kappa shape index (κ1) is 37.1. The van der Waals surface area contributed by atoms with Crippen LogP contribution in [-0.4, -0.2) is 58.8 Å². The maximum atomic E-state index is 11.1. The Morgan fingerprint density at radius 3 is 1.28 bits per heavy atom. The van der Waals surface area contributed by atoms with Gasteiger partial charge in [-0.05, 0) is 32.1 Å². The van der Waals surface area contributed by atoms with E-state index in [0.29, 0.717) is 6.54 Å². The average molecular weight is 554 g/mol. The van der Waals surface area contributed by atoms with E-state index in [0.717, 1.165) is 25.7 Å². The molecule has 0 fully saturated rings. The van der Waals surface area contributed by atoms with Gasteiger partial charge in [0.1, 0.15) is 0 Å². The summed E-state index contributed by atoms with van der Waals surface area (Å²) in [6.07, 6.45) is 28.3. The topological polar surface area (TPSA) is 115 Å². The SMILES string of the molecule is CCCCCCCCCCCCCCCCC/C=C/CCCC[N+](CCC(=O)[O-])(CCC(=O)O)CCC(=O)O. The molecule has 0 atom stereocenters. The first-order valence-corrected chi connectivity index (χ1v) is 15.9. The Morgan fingerprint density at radius 2 is 0.897 bits per heavy atom. The molecule has 7 nitrogen and oxygen atoms in total. The molecule has 0 bridgehead atoms. The number of hydrogen-bond acceptors (Lipinski definition) is 4. The molecule has 0 aromatic heterocycles. The minimum atomic E-state index is -1.19. The Hall–Kier alpha value is -1.89. The van der Waals surface area contributed by atoms with Gasteiger partial charge >= 0.3 is 11.9 Å². The number of allylic oxidation sites excluding steroid dienone is 2. The number of carbonyl (C=O) groups is 3. The van der Waals surface area contributed by atoms with E-state index in [4.69, 9.17) is 10.2 Å². The lowest BCUT2D eigenvalue weighted by Gasteiger charge is -2.38. The van der Waals surface area contributed by atoms with Crippen LogP contribution in [0.1, 0.15) is 148 Å². The van der Waals surface area contributed by atoms with Crippen molar-refractivity contribution in [2.24, 2.45) is 0 Å². The lowest BCUT2D eigenvalue weighted by Crippen LogP contribution is -2.53. The van der Waals surface area contributed by atoms with Gasteiger partial charge in [0.2, 0.25) is 0 Å². The molecule has 0 aromatic carbocycles. The summed E-state index contributed by atoms with van der Waals surface area (Å²) in [5, 5.41) is 29.3. The summed E-state index contributed by atoms with van der Waals surface area (Å²) >= 11 is 0. The lowest BCUT2D eigenvalue weighted by atomic mass is 10.0. The van der Waals surface area contributed by atoms with Crippen molar-refractivity contribution in [2.45, 2.75) is 148 Å². The van der Waals surface area contributed by atoms with Crippen molar-refractivity contribution in [3.05, 3.63) is 12.2 Å². The fourth-order valence-electron chi connectivity index (χ4n) is 5.24. The monoisotopic (exact) mass is 553 g/mol. The molecule has 0 aliphatic heterocycles. The average Bonchev–Trinajstić information content (AvgIpc) is 2.90. The summed E-state index contributed by atoms with van der Waals surface area (Å²) in [4.78, 5) is 33.3. The largest absolute Gasteiger partial charge is 0.550 e. The molecular weight excluding hydrogens is 494 g/mol. The van der Waals surface area contributed by atoms with Gasteiger partial charge in [0, 0.05) is 12.4 Å². The van der Waals surface area contributed by atoms with Crippen LogP contribution in [0.2, 0.25) is 0 Å². The van der Waals surface area contributed by atoms with Gasteiger partial charge in [0.15, 0.2) is 0 Å². The molecule has 0 amide bonds. The van der Waals surface area contributed by atoms with Crippen molar-refractivity contribution < 1.29 is 34.2 Å². The standard InChI is InChI=1S/C32H59NO6/c1-2-3-4-5-6-7-8-9-10-11-12-13-14-15-16-17-18-19-20-21-22-26-33(27-23-30(34)35,28-24-31(36)37)29-25-32(38)39/h18-19H,2-17,20-29H2,1H3,(H2-,34,35,36,37,38,39)/b19-18+. The van der Waals surface area contributed by atoms with Gasteiger partial charge < -0.3 is 24.6 Å². The highest BCUT2D eigenvalue weighted by Crippen LogP contribution is 2.16. The second-order valence-corrected chi connectivity index (χ2v) is 11.4. The van der Waals surface area contributed by atoms with Crippen molar-refractivity contribution in [3.8, 4) is 0 Å². The molecule has 0 unspecified atom stereocenters. The van der Waals surface area contributed by atoms with Crippen LogP contribution in [0.25, 0.3) is 0 Å². The van der Waals surface area contributed by atoms with E-state index < -0.39 is 17.9 Å². The zero-order valence-corrected chi connectivity index (χ0v) is 25.0. The summed E-state index contributed by atoms with van der Waals surface area (Å²) in [5.74, 6) is -3.10. The van der Waals surface area contributed by atoms with Gasteiger partial charge in [0.05, 0.1) is 39.0 Å². The van der Waals surface area contributed by atoms with E-state index >= 15 is 0 Å². The number of quaternary nitrogens is 1. The number of rotatable bonds is 30. The van der Waals surface area contributed by atoms with Crippen LogP contribution >= 0.6 is 0 Å². The Kier molecular flexibility index (Phi) is 25.1. The van der Waals surface area contributed by atoms with Crippen molar-refractivity contribution in [3.63, 3.8) is 0 Å². The minimum absolute atomic E-state index is 0.105. The highest BCUT2D eigenvalue weighted by molar-refractivity contribution is 5.67. The fourth-order valence-corrected chi connectivity index (χ4v) is 5.24. The van der Waals surface area contributed by atoms with E-state index in [9.17, 15) is 19.5 Å². The number of hydrogen-bond donors (Lipinski definition) is 2. The number of aliphatic carboxylic acids is 3. The Balaban J connectivity index is 3.91. The summed E-state index contributed by atoms with van der Waals surface area (Å²) in [6.45, 7) is 3.54. The van der Waals surface area contributed by atoms with Crippen LogP contribution in [-0.2, 0) is 14.4 Å². The van der Waals surface area contributed by atoms with Crippen LogP contribution < -0.4 is 5.11 Å². The molecule has 0 spiro atoms. The predicted octanol–water partition coefficient (Wildman–Crippen LogP) is 6.88. The van der Waals surface area contributed by atoms with Gasteiger partial charge in [-0.1, -0.05) is 109 Å². The highest BCUT2D eigenvalue weighted by atomic mass is 16.4. The molecular formula is C32H59NO6. The summed E-state index contributed by atoms with van der Waals surface area (Å²) in [7, 11) is 0. The van der Waals surface area contributed by atoms with Crippen LogP contribution in [0.5, 0.6) is 0 Å². The number of carboxylic acids is 3. The molecule has 0 aliphatic rings. The van der Waals surface area contributed by atoms with Crippen molar-refractivity contribution in [1.29, 1.82) is 0 Å². The molecule has 7 heteroatoms. The van der Waals surface area contributed by atoms with Gasteiger partial charge in [-0.25, -0.2) is 0 Å². The summed E-state index contributed by atoms with van der Waals surface area (Å²) < 4.78 is 0.204. The second-order valence-electron chi connectivity index (χ2n) is 11.4. The van der Waals surface area contributed by atoms with E-state index in [1.54, 1.807) is 0 Å². The molecule has 0 aliphatic carbocycles. The first-order chi connectivity index (χ1) is 18.8. The summed E-state index contributed by atoms with van der Waals surface area (Å²) in [5.41, 5.74) is 0. The molecule has 228 valence electrons. The molecule has 0 heterocycles. The van der Waals surface area contributed by atoms with Gasteiger partial charge in [0.25, 0.3) is 0 Å². The molecule has 0 saturated carbocycles. The highest BCUT2D eigenvalue weighted by Gasteiger charge is 2.28. The third kappa shape index (κ3) is 26.1. The van der Waals surface area contributed by atoms with Gasteiger partial charge in [-0.2, -0.15) is 0 Å². The summed E-state index contributed by atoms with van der Waals surface area (Å²) in [6, 6.07) is 0. The van der Waals surface area contributed by atoms with Crippen molar-refractivity contribution >= 4 is 17.9 Å². The van der Waals surface area contributed by atoms with Crippen LogP contribution in [0.4, 0.5) is 0 Å². The van der Waals surface area contributed by atoms with Crippen LogP contribution in [0, 0.1) is 0 Å². The van der Waals surface area contributed by atoms with E-state index in [1.807, 2.05) is 0 Å². The van der Waals surface area contributed by atoms with E-state index in [-0.39, 0.29) is 43.4 Å². The molecule has 0 saturated heterocycles. The zero-order valence-electron chi connectivity index (χ0n) is 25.0. The maximum absolute atomic E-state index is 11.1. The third-order valence-corrected chi connectivity index (χ3v) is 7.78. The fraction of sp³-hybridized carbons (Fsp3) is 0.844. The second kappa shape index (κ2) is 26.3. The number of carboxylic acid groups (broad SMARTS) is 3. The Bertz CT molecular complexity index is 603. The van der Waals surface area contributed by atoms with E-state index in [1.165, 1.54) is 96.3 Å². The quantitative estimate of drug-likeness (QED) is 0.0569. The molecule has 2 N–H and O–H groups in total.